The fraction of sp³-hybridized carbons (Fsp3) is 0.889. The molecule has 0 aromatic heterocycles. The third kappa shape index (κ3) is 6.16. The molecule has 0 fully saturated rings. The van der Waals surface area contributed by atoms with Gasteiger partial charge in [-0.25, -0.2) is 0 Å². The molecule has 0 rings (SSSR count). The lowest BCUT2D eigenvalue weighted by Crippen LogP contribution is -2.16. The van der Waals surface area contributed by atoms with Gasteiger partial charge in [0.1, 0.15) is 0 Å². The van der Waals surface area contributed by atoms with Gasteiger partial charge < -0.3 is 9.47 Å². The number of carbonyl (C=O) groups excluding carboxylic acids is 1. The van der Waals surface area contributed by atoms with Gasteiger partial charge in [-0.3, -0.25) is 4.79 Å². The number of esters is 1. The molecule has 0 amide bonds. The number of rotatable bonds is 6. The zero-order valence-corrected chi connectivity index (χ0v) is 8.13. The van der Waals surface area contributed by atoms with Crippen LogP contribution < -0.4 is 0 Å². The molecule has 72 valence electrons. The van der Waals surface area contributed by atoms with Crippen LogP contribution in [0.3, 0.4) is 0 Å². The van der Waals surface area contributed by atoms with Crippen molar-refractivity contribution in [2.75, 3.05) is 13.2 Å². The lowest BCUT2D eigenvalue weighted by molar-refractivity contribution is -0.146. The maximum absolute atomic E-state index is 10.9. The van der Waals surface area contributed by atoms with Gasteiger partial charge in [-0.05, 0) is 20.3 Å². The van der Waals surface area contributed by atoms with E-state index in [1.165, 1.54) is 0 Å². The van der Waals surface area contributed by atoms with E-state index in [1.54, 1.807) is 6.92 Å². The molecule has 0 bridgehead atoms. The summed E-state index contributed by atoms with van der Waals surface area (Å²) < 4.78 is 10.1. The highest BCUT2D eigenvalue weighted by Crippen LogP contribution is 1.99. The van der Waals surface area contributed by atoms with Crippen molar-refractivity contribution in [3.63, 3.8) is 0 Å². The molecule has 1 atom stereocenters. The van der Waals surface area contributed by atoms with Crippen molar-refractivity contribution >= 4 is 5.97 Å². The number of ether oxygens (including phenoxy) is 2. The smallest absolute Gasteiger partial charge is 0.308 e. The molecule has 0 spiro atoms. The summed E-state index contributed by atoms with van der Waals surface area (Å²) in [4.78, 5) is 10.9. The Morgan fingerprint density at radius 1 is 1.42 bits per heavy atom. The maximum atomic E-state index is 10.9. The van der Waals surface area contributed by atoms with Crippen molar-refractivity contribution in [2.24, 2.45) is 0 Å². The summed E-state index contributed by atoms with van der Waals surface area (Å²) in [5.74, 6) is -0.180. The van der Waals surface area contributed by atoms with Gasteiger partial charge in [0.05, 0.1) is 19.1 Å². The summed E-state index contributed by atoms with van der Waals surface area (Å²) in [5.41, 5.74) is 0. The first-order valence-corrected chi connectivity index (χ1v) is 4.47. The van der Waals surface area contributed by atoms with Crippen molar-refractivity contribution in [1.29, 1.82) is 0 Å². The monoisotopic (exact) mass is 174 g/mol. The first-order valence-electron chi connectivity index (χ1n) is 4.47. The van der Waals surface area contributed by atoms with E-state index in [1.807, 2.05) is 13.8 Å². The molecular formula is C9H18O3. The first-order chi connectivity index (χ1) is 5.70. The summed E-state index contributed by atoms with van der Waals surface area (Å²) in [6.07, 6.45) is 1.31. The average Bonchev–Trinajstić information content (AvgIpc) is 2.01. The molecule has 0 heterocycles. The molecule has 0 aliphatic carbocycles. The van der Waals surface area contributed by atoms with E-state index in [0.717, 1.165) is 6.42 Å². The second-order valence-corrected chi connectivity index (χ2v) is 2.69. The van der Waals surface area contributed by atoms with Gasteiger partial charge in [0.25, 0.3) is 0 Å². The van der Waals surface area contributed by atoms with Gasteiger partial charge in [-0.1, -0.05) is 6.92 Å². The van der Waals surface area contributed by atoms with Crippen LogP contribution in [0.15, 0.2) is 0 Å². The third-order valence-electron chi connectivity index (χ3n) is 1.37. The molecular weight excluding hydrogens is 156 g/mol. The summed E-state index contributed by atoms with van der Waals surface area (Å²) >= 11 is 0. The number of hydrogen-bond acceptors (Lipinski definition) is 3. The molecule has 0 saturated carbocycles. The second kappa shape index (κ2) is 7.10. The van der Waals surface area contributed by atoms with E-state index < -0.39 is 0 Å². The molecule has 0 N–H and O–H groups in total. The van der Waals surface area contributed by atoms with Gasteiger partial charge in [0.2, 0.25) is 0 Å². The average molecular weight is 174 g/mol. The van der Waals surface area contributed by atoms with Gasteiger partial charge in [-0.2, -0.15) is 0 Å². The highest BCUT2D eigenvalue weighted by molar-refractivity contribution is 5.69. The van der Waals surface area contributed by atoms with Crippen LogP contribution in [0.2, 0.25) is 0 Å². The molecule has 0 aromatic carbocycles. The van der Waals surface area contributed by atoms with E-state index in [0.29, 0.717) is 19.6 Å². The third-order valence-corrected chi connectivity index (χ3v) is 1.37. The standard InChI is InChI=1S/C9H18O3/c1-4-6-12-8(3)7-9(10)11-5-2/h8H,4-7H2,1-3H3. The van der Waals surface area contributed by atoms with Gasteiger partial charge in [-0.15, -0.1) is 0 Å². The van der Waals surface area contributed by atoms with Crippen molar-refractivity contribution < 1.29 is 14.3 Å². The van der Waals surface area contributed by atoms with Gasteiger partial charge in [0, 0.05) is 6.61 Å². The molecule has 0 aliphatic heterocycles. The number of hydrogen-bond donors (Lipinski definition) is 0. The van der Waals surface area contributed by atoms with Crippen molar-refractivity contribution in [3.8, 4) is 0 Å². The molecule has 1 unspecified atom stereocenters. The summed E-state index contributed by atoms with van der Waals surface area (Å²) in [6.45, 7) is 6.87. The minimum atomic E-state index is -0.180. The molecule has 0 aliphatic rings. The van der Waals surface area contributed by atoms with Crippen LogP contribution in [0, 0.1) is 0 Å². The lowest BCUT2D eigenvalue weighted by atomic mass is 10.3. The van der Waals surface area contributed by atoms with E-state index in [9.17, 15) is 4.79 Å². The molecule has 3 heteroatoms. The molecule has 0 saturated heterocycles. The lowest BCUT2D eigenvalue weighted by Gasteiger charge is -2.10. The fourth-order valence-electron chi connectivity index (χ4n) is 0.833. The van der Waals surface area contributed by atoms with Crippen molar-refractivity contribution in [2.45, 2.75) is 39.7 Å². The van der Waals surface area contributed by atoms with Crippen LogP contribution in [0.4, 0.5) is 0 Å². The summed E-state index contributed by atoms with van der Waals surface area (Å²) in [6, 6.07) is 0. The van der Waals surface area contributed by atoms with Gasteiger partial charge >= 0.3 is 5.97 Å². The highest BCUT2D eigenvalue weighted by atomic mass is 16.5. The summed E-state index contributed by atoms with van der Waals surface area (Å²) in [5, 5.41) is 0. The van der Waals surface area contributed by atoms with E-state index in [2.05, 4.69) is 0 Å². The zero-order chi connectivity index (χ0) is 9.40. The summed E-state index contributed by atoms with van der Waals surface area (Å²) in [7, 11) is 0. The highest BCUT2D eigenvalue weighted by Gasteiger charge is 2.08. The Hall–Kier alpha value is -0.570. The Bertz CT molecular complexity index is 123. The van der Waals surface area contributed by atoms with Crippen LogP contribution in [0.1, 0.15) is 33.6 Å². The zero-order valence-electron chi connectivity index (χ0n) is 8.13. The van der Waals surface area contributed by atoms with E-state index in [-0.39, 0.29) is 12.1 Å². The van der Waals surface area contributed by atoms with Crippen LogP contribution in [-0.4, -0.2) is 25.3 Å². The van der Waals surface area contributed by atoms with Crippen molar-refractivity contribution in [1.82, 2.24) is 0 Å². The normalized spacial score (nSPS) is 12.6. The number of carbonyl (C=O) groups is 1. The second-order valence-electron chi connectivity index (χ2n) is 2.69. The Balaban J connectivity index is 3.40. The first kappa shape index (κ1) is 11.4. The molecule has 0 radical (unpaired) electrons. The van der Waals surface area contributed by atoms with Gasteiger partial charge in [0.15, 0.2) is 0 Å². The van der Waals surface area contributed by atoms with E-state index in [4.69, 9.17) is 9.47 Å². The van der Waals surface area contributed by atoms with Crippen LogP contribution in [0.5, 0.6) is 0 Å². The topological polar surface area (TPSA) is 35.5 Å². The maximum Gasteiger partial charge on any atom is 0.308 e. The van der Waals surface area contributed by atoms with Crippen LogP contribution >= 0.6 is 0 Å². The Morgan fingerprint density at radius 2 is 2.08 bits per heavy atom. The van der Waals surface area contributed by atoms with E-state index >= 15 is 0 Å². The molecule has 0 aromatic rings. The largest absolute Gasteiger partial charge is 0.466 e. The Kier molecular flexibility index (Phi) is 6.76. The quantitative estimate of drug-likeness (QED) is 0.575. The predicted octanol–water partition coefficient (Wildman–Crippen LogP) is 1.75. The fourth-order valence-corrected chi connectivity index (χ4v) is 0.833. The minimum Gasteiger partial charge on any atom is -0.466 e. The Morgan fingerprint density at radius 3 is 2.58 bits per heavy atom. The molecule has 12 heavy (non-hydrogen) atoms. The molecule has 3 nitrogen and oxygen atoms in total. The predicted molar refractivity (Wildman–Crippen MR) is 47.0 cm³/mol. The minimum absolute atomic E-state index is 0.0241. The Labute approximate surface area is 74.0 Å². The van der Waals surface area contributed by atoms with Crippen LogP contribution in [-0.2, 0) is 14.3 Å². The van der Waals surface area contributed by atoms with Crippen molar-refractivity contribution in [3.05, 3.63) is 0 Å². The SMILES string of the molecule is CCCOC(C)CC(=O)OCC. The van der Waals surface area contributed by atoms with Crippen LogP contribution in [0.25, 0.3) is 0 Å².